The fourth-order valence-electron chi connectivity index (χ4n) is 0.816. The van der Waals surface area contributed by atoms with Gasteiger partial charge in [0.15, 0.2) is 0 Å². The van der Waals surface area contributed by atoms with E-state index in [1.54, 1.807) is 20.8 Å². The molecule has 0 rings (SSSR count). The summed E-state index contributed by atoms with van der Waals surface area (Å²) in [5.74, 6) is -2.62. The first-order valence-electron chi connectivity index (χ1n) is 4.79. The summed E-state index contributed by atoms with van der Waals surface area (Å²) in [5.41, 5.74) is -0.747. The fourth-order valence-corrected chi connectivity index (χ4v) is 0.816. The number of carbonyl (C=O) groups is 3. The van der Waals surface area contributed by atoms with Crippen molar-refractivity contribution in [1.29, 1.82) is 0 Å². The highest BCUT2D eigenvalue weighted by atomic mass is 16.6. The van der Waals surface area contributed by atoms with Crippen molar-refractivity contribution in [3.05, 3.63) is 0 Å². The number of carbonyl (C=O) groups excluding carboxylic acids is 3. The fraction of sp³-hybridized carbons (Fsp3) is 0.700. The average molecular weight is 231 g/mol. The van der Waals surface area contributed by atoms with Crippen LogP contribution >= 0.6 is 0 Å². The van der Waals surface area contributed by atoms with E-state index in [0.717, 1.165) is 0 Å². The Kier molecular flexibility index (Phi) is 4.94. The van der Waals surface area contributed by atoms with Gasteiger partial charge in [-0.25, -0.2) is 9.59 Å². The molecule has 0 heterocycles. The normalized spacial score (nSPS) is 12.6. The van der Waals surface area contributed by atoms with Gasteiger partial charge in [-0.15, -0.1) is 0 Å². The lowest BCUT2D eigenvalue weighted by atomic mass is 10.2. The van der Waals surface area contributed by atoms with Crippen LogP contribution in [0.25, 0.3) is 0 Å². The Morgan fingerprint density at radius 3 is 2.06 bits per heavy atom. The van der Waals surface area contributed by atoms with Crippen LogP contribution in [0.15, 0.2) is 0 Å². The van der Waals surface area contributed by atoms with Crippen molar-refractivity contribution in [3.63, 3.8) is 0 Å². The molecule has 0 aromatic heterocycles. The van der Waals surface area contributed by atoms with Crippen LogP contribution in [0.3, 0.4) is 0 Å². The Morgan fingerprint density at radius 1 is 1.19 bits per heavy atom. The number of hydrogen-bond donors (Lipinski definition) is 1. The topological polar surface area (TPSA) is 81.7 Å². The number of esters is 2. The van der Waals surface area contributed by atoms with Gasteiger partial charge in [0, 0.05) is 0 Å². The molecule has 1 N–H and O–H groups in total. The maximum atomic E-state index is 11.3. The Labute approximate surface area is 94.3 Å². The summed E-state index contributed by atoms with van der Waals surface area (Å²) in [5, 5.41) is 2.16. The second-order valence-corrected chi connectivity index (χ2v) is 4.22. The lowest BCUT2D eigenvalue weighted by molar-refractivity contribution is -0.164. The Bertz CT molecular complexity index is 292. The second kappa shape index (κ2) is 5.48. The first-order chi connectivity index (χ1) is 7.17. The highest BCUT2D eigenvalue weighted by Gasteiger charge is 2.25. The lowest BCUT2D eigenvalue weighted by Gasteiger charge is -2.19. The predicted octanol–water partition coefficient (Wildman–Crippen LogP) is 0.00580. The van der Waals surface area contributed by atoms with Crippen LogP contribution in [0, 0.1) is 0 Å². The summed E-state index contributed by atoms with van der Waals surface area (Å²) in [6, 6.07) is -0.884. The molecule has 0 aliphatic rings. The van der Waals surface area contributed by atoms with E-state index in [2.05, 4.69) is 10.1 Å². The van der Waals surface area contributed by atoms with Gasteiger partial charge >= 0.3 is 17.8 Å². The molecule has 0 saturated heterocycles. The van der Waals surface area contributed by atoms with Gasteiger partial charge in [0.25, 0.3) is 0 Å². The van der Waals surface area contributed by atoms with Gasteiger partial charge in [-0.2, -0.15) is 0 Å². The largest absolute Gasteiger partial charge is 0.467 e. The van der Waals surface area contributed by atoms with Crippen molar-refractivity contribution in [1.82, 2.24) is 5.32 Å². The second-order valence-electron chi connectivity index (χ2n) is 4.22. The molecule has 6 heteroatoms. The first-order valence-corrected chi connectivity index (χ1v) is 4.79. The smallest absolute Gasteiger partial charge is 0.397 e. The van der Waals surface area contributed by atoms with Crippen molar-refractivity contribution in [2.75, 3.05) is 7.11 Å². The third-order valence-corrected chi connectivity index (χ3v) is 1.49. The Hall–Kier alpha value is -1.59. The van der Waals surface area contributed by atoms with E-state index in [1.165, 1.54) is 14.0 Å². The van der Waals surface area contributed by atoms with E-state index in [1.807, 2.05) is 0 Å². The Morgan fingerprint density at radius 2 is 1.69 bits per heavy atom. The van der Waals surface area contributed by atoms with Crippen molar-refractivity contribution in [2.45, 2.75) is 39.3 Å². The minimum absolute atomic E-state index is 0.628. The van der Waals surface area contributed by atoms with Gasteiger partial charge < -0.3 is 14.8 Å². The predicted molar refractivity (Wildman–Crippen MR) is 55.5 cm³/mol. The van der Waals surface area contributed by atoms with Crippen LogP contribution in [0.5, 0.6) is 0 Å². The SMILES string of the molecule is COC(=O)[C@H](C)NC(=O)C(=O)OC(C)(C)C. The first kappa shape index (κ1) is 14.4. The van der Waals surface area contributed by atoms with E-state index in [9.17, 15) is 14.4 Å². The van der Waals surface area contributed by atoms with E-state index >= 15 is 0 Å². The van der Waals surface area contributed by atoms with Crippen LogP contribution < -0.4 is 5.32 Å². The van der Waals surface area contributed by atoms with E-state index in [0.29, 0.717) is 0 Å². The summed E-state index contributed by atoms with van der Waals surface area (Å²) < 4.78 is 9.20. The highest BCUT2D eigenvalue weighted by molar-refractivity contribution is 6.33. The average Bonchev–Trinajstić information content (AvgIpc) is 2.13. The minimum atomic E-state index is -1.02. The number of hydrogen-bond acceptors (Lipinski definition) is 5. The molecular formula is C10H17NO5. The van der Waals surface area contributed by atoms with Crippen molar-refractivity contribution < 1.29 is 23.9 Å². The quantitative estimate of drug-likeness (QED) is 0.534. The number of nitrogens with one attached hydrogen (secondary N) is 1. The minimum Gasteiger partial charge on any atom is -0.467 e. The molecule has 0 unspecified atom stereocenters. The van der Waals surface area contributed by atoms with Crippen LogP contribution in [-0.2, 0) is 23.9 Å². The van der Waals surface area contributed by atoms with E-state index in [-0.39, 0.29) is 0 Å². The highest BCUT2D eigenvalue weighted by Crippen LogP contribution is 2.06. The van der Waals surface area contributed by atoms with Crippen LogP contribution in [-0.4, -0.2) is 36.6 Å². The summed E-state index contributed by atoms with van der Waals surface area (Å²) in [6.45, 7) is 6.33. The van der Waals surface area contributed by atoms with Gasteiger partial charge in [0.1, 0.15) is 11.6 Å². The van der Waals surface area contributed by atoms with Gasteiger partial charge in [0.2, 0.25) is 0 Å². The molecule has 0 bridgehead atoms. The number of amides is 1. The number of rotatable bonds is 2. The molecule has 0 spiro atoms. The van der Waals surface area contributed by atoms with Gasteiger partial charge in [-0.05, 0) is 27.7 Å². The van der Waals surface area contributed by atoms with E-state index in [4.69, 9.17) is 4.74 Å². The van der Waals surface area contributed by atoms with Crippen LogP contribution in [0.1, 0.15) is 27.7 Å². The zero-order valence-electron chi connectivity index (χ0n) is 10.1. The molecule has 1 amide bonds. The molecule has 1 atom stereocenters. The molecule has 0 aromatic rings. The molecule has 0 aliphatic heterocycles. The van der Waals surface area contributed by atoms with Crippen molar-refractivity contribution in [2.24, 2.45) is 0 Å². The number of methoxy groups -OCH3 is 1. The molecule has 6 nitrogen and oxygen atoms in total. The summed E-state index contributed by atoms with van der Waals surface area (Å²) in [6.07, 6.45) is 0. The molecule has 0 fully saturated rings. The molecule has 0 radical (unpaired) electrons. The molecule has 92 valence electrons. The summed E-state index contributed by atoms with van der Waals surface area (Å²) >= 11 is 0. The van der Waals surface area contributed by atoms with Gasteiger partial charge in [-0.3, -0.25) is 4.79 Å². The number of ether oxygens (including phenoxy) is 2. The molecule has 16 heavy (non-hydrogen) atoms. The van der Waals surface area contributed by atoms with Crippen LogP contribution in [0.4, 0.5) is 0 Å². The standard InChI is InChI=1S/C10H17NO5/c1-6(8(13)15-5)11-7(12)9(14)16-10(2,3)4/h6H,1-5H3,(H,11,12)/t6-/m0/s1. The van der Waals surface area contributed by atoms with Crippen molar-refractivity contribution >= 4 is 17.8 Å². The van der Waals surface area contributed by atoms with Gasteiger partial charge in [-0.1, -0.05) is 0 Å². The van der Waals surface area contributed by atoms with Crippen molar-refractivity contribution in [3.8, 4) is 0 Å². The third kappa shape index (κ3) is 5.33. The Balaban J connectivity index is 4.27. The molecule has 0 saturated carbocycles. The summed E-state index contributed by atoms with van der Waals surface area (Å²) in [4.78, 5) is 33.4. The summed E-state index contributed by atoms with van der Waals surface area (Å²) in [7, 11) is 1.19. The molecule has 0 aromatic carbocycles. The maximum Gasteiger partial charge on any atom is 0.397 e. The van der Waals surface area contributed by atoms with Gasteiger partial charge in [0.05, 0.1) is 7.11 Å². The molecule has 0 aliphatic carbocycles. The maximum absolute atomic E-state index is 11.3. The molecular weight excluding hydrogens is 214 g/mol. The monoisotopic (exact) mass is 231 g/mol. The van der Waals surface area contributed by atoms with Crippen LogP contribution in [0.2, 0.25) is 0 Å². The zero-order valence-corrected chi connectivity index (χ0v) is 10.1. The third-order valence-electron chi connectivity index (χ3n) is 1.49. The lowest BCUT2D eigenvalue weighted by Crippen LogP contribution is -2.44. The van der Waals surface area contributed by atoms with E-state index < -0.39 is 29.5 Å². The zero-order chi connectivity index (χ0) is 12.9.